The topological polar surface area (TPSA) is 62.3 Å². The van der Waals surface area contributed by atoms with Gasteiger partial charge < -0.3 is 14.8 Å². The zero-order valence-electron chi connectivity index (χ0n) is 9.95. The third-order valence-corrected chi connectivity index (χ3v) is 3.33. The van der Waals surface area contributed by atoms with Crippen LogP contribution < -0.4 is 4.74 Å². The smallest absolute Gasteiger partial charge is 0.337 e. The van der Waals surface area contributed by atoms with E-state index in [2.05, 4.69) is 20.9 Å². The lowest BCUT2D eigenvalue weighted by atomic mass is 10.1. The van der Waals surface area contributed by atoms with Crippen molar-refractivity contribution in [2.45, 2.75) is 6.92 Å². The number of aromatic amines is 1. The first-order chi connectivity index (χ1) is 8.52. The number of halogens is 1. The number of H-pyrrole nitrogens is 1. The molecule has 0 aliphatic rings. The molecule has 0 spiro atoms. The molecule has 0 atom stereocenters. The number of hydrogen-bond donors (Lipinski definition) is 2. The van der Waals surface area contributed by atoms with Crippen LogP contribution in [0.1, 0.15) is 16.1 Å². The maximum atomic E-state index is 11.0. The molecule has 4 nitrogen and oxygen atoms in total. The van der Waals surface area contributed by atoms with Crippen LogP contribution in [0.2, 0.25) is 0 Å². The number of aromatic carboxylic acids is 1. The number of nitrogens with one attached hydrogen (secondary N) is 1. The highest BCUT2D eigenvalue weighted by molar-refractivity contribution is 9.10. The quantitative estimate of drug-likeness (QED) is 0.912. The van der Waals surface area contributed by atoms with Crippen molar-refractivity contribution in [1.29, 1.82) is 0 Å². The highest BCUT2D eigenvalue weighted by Crippen LogP contribution is 2.30. The van der Waals surface area contributed by atoms with Gasteiger partial charge in [-0.3, -0.25) is 0 Å². The minimum atomic E-state index is -0.928. The number of methoxy groups -OCH3 is 1. The second kappa shape index (κ2) is 4.86. The Bertz CT molecular complexity index is 604. The monoisotopic (exact) mass is 309 g/mol. The number of rotatable bonds is 3. The molecule has 1 aromatic heterocycles. The number of carboxylic acids is 1. The van der Waals surface area contributed by atoms with E-state index in [-0.39, 0.29) is 5.56 Å². The van der Waals surface area contributed by atoms with Crippen molar-refractivity contribution in [2.75, 3.05) is 7.11 Å². The van der Waals surface area contributed by atoms with E-state index in [1.54, 1.807) is 20.1 Å². The van der Waals surface area contributed by atoms with Gasteiger partial charge in [-0.1, -0.05) is 0 Å². The van der Waals surface area contributed by atoms with E-state index < -0.39 is 5.97 Å². The van der Waals surface area contributed by atoms with Gasteiger partial charge in [0.15, 0.2) is 0 Å². The summed E-state index contributed by atoms with van der Waals surface area (Å²) < 4.78 is 5.98. The number of carboxylic acid groups (broad SMARTS) is 1. The summed E-state index contributed by atoms with van der Waals surface area (Å²) in [6.07, 6.45) is 0. The molecular formula is C13H12BrNO3. The number of ether oxygens (including phenoxy) is 1. The molecule has 0 fully saturated rings. The van der Waals surface area contributed by atoms with Gasteiger partial charge in [-0.25, -0.2) is 4.79 Å². The SMILES string of the molecule is COc1ccc(-c2cc(C(=O)O)c(C)[nH]2)cc1Br. The summed E-state index contributed by atoms with van der Waals surface area (Å²) in [5.74, 6) is -0.192. The van der Waals surface area contributed by atoms with E-state index in [4.69, 9.17) is 9.84 Å². The molecule has 2 rings (SSSR count). The number of benzene rings is 1. The first kappa shape index (κ1) is 12.7. The Morgan fingerprint density at radius 3 is 2.61 bits per heavy atom. The zero-order valence-corrected chi connectivity index (χ0v) is 11.5. The van der Waals surface area contributed by atoms with Gasteiger partial charge in [-0.15, -0.1) is 0 Å². The number of aromatic nitrogens is 1. The van der Waals surface area contributed by atoms with Crippen LogP contribution in [-0.4, -0.2) is 23.2 Å². The minimum Gasteiger partial charge on any atom is -0.496 e. The van der Waals surface area contributed by atoms with Crippen LogP contribution in [-0.2, 0) is 0 Å². The fraction of sp³-hybridized carbons (Fsp3) is 0.154. The average Bonchev–Trinajstić information content (AvgIpc) is 2.71. The minimum absolute atomic E-state index is 0.289. The van der Waals surface area contributed by atoms with Crippen molar-refractivity contribution < 1.29 is 14.6 Å². The lowest BCUT2D eigenvalue weighted by Gasteiger charge is -2.04. The normalized spacial score (nSPS) is 10.4. The molecule has 2 N–H and O–H groups in total. The number of carbonyl (C=O) groups is 1. The van der Waals surface area contributed by atoms with E-state index in [9.17, 15) is 4.79 Å². The highest BCUT2D eigenvalue weighted by atomic mass is 79.9. The van der Waals surface area contributed by atoms with E-state index in [0.717, 1.165) is 21.5 Å². The molecule has 0 amide bonds. The lowest BCUT2D eigenvalue weighted by molar-refractivity contribution is 0.0696. The van der Waals surface area contributed by atoms with Crippen molar-refractivity contribution in [3.8, 4) is 17.0 Å². The van der Waals surface area contributed by atoms with Crippen LogP contribution in [0.3, 0.4) is 0 Å². The van der Waals surface area contributed by atoms with Gasteiger partial charge in [0.25, 0.3) is 0 Å². The van der Waals surface area contributed by atoms with Gasteiger partial charge in [0.05, 0.1) is 17.1 Å². The Kier molecular flexibility index (Phi) is 3.43. The predicted octanol–water partition coefficient (Wildman–Crippen LogP) is 3.46. The Hall–Kier alpha value is -1.75. The summed E-state index contributed by atoms with van der Waals surface area (Å²) in [6.45, 7) is 1.74. The summed E-state index contributed by atoms with van der Waals surface area (Å²) in [5.41, 5.74) is 2.60. The number of aryl methyl sites for hydroxylation is 1. The second-order valence-corrected chi connectivity index (χ2v) is 4.73. The third kappa shape index (κ3) is 2.26. The van der Waals surface area contributed by atoms with Gasteiger partial charge in [0.1, 0.15) is 5.75 Å². The fourth-order valence-corrected chi connectivity index (χ4v) is 2.31. The Morgan fingerprint density at radius 2 is 2.11 bits per heavy atom. The van der Waals surface area contributed by atoms with Crippen molar-refractivity contribution >= 4 is 21.9 Å². The molecular weight excluding hydrogens is 298 g/mol. The molecule has 1 heterocycles. The molecule has 0 aliphatic heterocycles. The van der Waals surface area contributed by atoms with Gasteiger partial charge in [-0.05, 0) is 52.7 Å². The molecule has 0 saturated heterocycles. The first-order valence-electron chi connectivity index (χ1n) is 5.29. The zero-order chi connectivity index (χ0) is 13.3. The summed E-state index contributed by atoms with van der Waals surface area (Å²) >= 11 is 3.40. The maximum Gasteiger partial charge on any atom is 0.337 e. The first-order valence-corrected chi connectivity index (χ1v) is 6.09. The van der Waals surface area contributed by atoms with E-state index >= 15 is 0 Å². The molecule has 0 unspecified atom stereocenters. The lowest BCUT2D eigenvalue weighted by Crippen LogP contribution is -1.95. The van der Waals surface area contributed by atoms with Crippen LogP contribution >= 0.6 is 15.9 Å². The molecule has 18 heavy (non-hydrogen) atoms. The maximum absolute atomic E-state index is 11.0. The summed E-state index contributed by atoms with van der Waals surface area (Å²) in [6, 6.07) is 7.22. The summed E-state index contributed by atoms with van der Waals surface area (Å²) in [7, 11) is 1.60. The average molecular weight is 310 g/mol. The van der Waals surface area contributed by atoms with Crippen LogP contribution in [0.5, 0.6) is 5.75 Å². The summed E-state index contributed by atoms with van der Waals surface area (Å²) in [4.78, 5) is 14.0. The van der Waals surface area contributed by atoms with E-state index in [1.807, 2.05) is 18.2 Å². The summed E-state index contributed by atoms with van der Waals surface area (Å²) in [5, 5.41) is 9.01. The molecule has 94 valence electrons. The largest absolute Gasteiger partial charge is 0.496 e. The molecule has 0 bridgehead atoms. The predicted molar refractivity (Wildman–Crippen MR) is 72.2 cm³/mol. The van der Waals surface area contributed by atoms with Gasteiger partial charge >= 0.3 is 5.97 Å². The molecule has 5 heteroatoms. The number of hydrogen-bond acceptors (Lipinski definition) is 2. The Labute approximate surface area is 113 Å². The highest BCUT2D eigenvalue weighted by Gasteiger charge is 2.13. The third-order valence-electron chi connectivity index (χ3n) is 2.71. The van der Waals surface area contributed by atoms with Crippen LogP contribution in [0.15, 0.2) is 28.7 Å². The van der Waals surface area contributed by atoms with Crippen molar-refractivity contribution in [1.82, 2.24) is 4.98 Å². The molecule has 1 aromatic carbocycles. The van der Waals surface area contributed by atoms with E-state index in [1.165, 1.54) is 0 Å². The molecule has 0 radical (unpaired) electrons. The van der Waals surface area contributed by atoms with E-state index in [0.29, 0.717) is 5.69 Å². The van der Waals surface area contributed by atoms with Gasteiger partial charge in [-0.2, -0.15) is 0 Å². The van der Waals surface area contributed by atoms with Crippen molar-refractivity contribution in [3.05, 3.63) is 40.0 Å². The van der Waals surface area contributed by atoms with Crippen molar-refractivity contribution in [3.63, 3.8) is 0 Å². The van der Waals surface area contributed by atoms with Crippen molar-refractivity contribution in [2.24, 2.45) is 0 Å². The fourth-order valence-electron chi connectivity index (χ4n) is 1.77. The Morgan fingerprint density at radius 1 is 1.39 bits per heavy atom. The van der Waals surface area contributed by atoms with Crippen LogP contribution in [0.4, 0.5) is 0 Å². The van der Waals surface area contributed by atoms with Crippen LogP contribution in [0.25, 0.3) is 11.3 Å². The Balaban J connectivity index is 2.46. The van der Waals surface area contributed by atoms with Gasteiger partial charge in [0, 0.05) is 11.4 Å². The second-order valence-electron chi connectivity index (χ2n) is 3.88. The van der Waals surface area contributed by atoms with Crippen LogP contribution in [0, 0.1) is 6.92 Å². The molecule has 0 aliphatic carbocycles. The standard InChI is InChI=1S/C13H12BrNO3/c1-7-9(13(16)17)6-11(15-7)8-3-4-12(18-2)10(14)5-8/h3-6,15H,1-2H3,(H,16,17). The molecule has 2 aromatic rings. The van der Waals surface area contributed by atoms with Gasteiger partial charge in [0.2, 0.25) is 0 Å². The molecule has 0 saturated carbocycles.